The Kier molecular flexibility index (Phi) is 10.0. The predicted molar refractivity (Wildman–Crippen MR) is 182 cm³/mol. The Hall–Kier alpha value is -3.27. The van der Waals surface area contributed by atoms with Crippen molar-refractivity contribution in [3.05, 3.63) is 53.9 Å². The Labute approximate surface area is 256 Å². The van der Waals surface area contributed by atoms with Gasteiger partial charge in [0, 0.05) is 18.2 Å². The largest absolute Gasteiger partial charge is 0.456 e. The molecule has 4 nitrogen and oxygen atoms in total. The van der Waals surface area contributed by atoms with Crippen molar-refractivity contribution in [2.75, 3.05) is 13.1 Å². The molecule has 0 radical (unpaired) electrons. The molecule has 3 aromatic carbocycles. The smallest absolute Gasteiger partial charge is 0.207 e. The zero-order valence-electron chi connectivity index (χ0n) is 26.5. The van der Waals surface area contributed by atoms with E-state index in [1.807, 2.05) is 24.3 Å². The zero-order chi connectivity index (χ0) is 29.4. The van der Waals surface area contributed by atoms with E-state index < -0.39 is 0 Å². The third kappa shape index (κ3) is 6.64. The second-order valence-electron chi connectivity index (χ2n) is 12.7. The second-order valence-corrected chi connectivity index (χ2v) is 12.7. The van der Waals surface area contributed by atoms with Crippen LogP contribution < -0.4 is 9.93 Å². The van der Waals surface area contributed by atoms with E-state index >= 15 is 0 Å². The lowest BCUT2D eigenvalue weighted by Gasteiger charge is -2.14. The third-order valence-electron chi connectivity index (χ3n) is 9.36. The molecule has 0 spiro atoms. The van der Waals surface area contributed by atoms with Gasteiger partial charge in [-0.05, 0) is 37.1 Å². The SMILES string of the molecule is CCCCCCCCCC[N+](CCCCCCCCCC)=c1cc2oc3cccc4oc5cccc6oc(c1)c2c(c43)c56. The van der Waals surface area contributed by atoms with E-state index in [-0.39, 0.29) is 0 Å². The maximum atomic E-state index is 6.61. The Bertz CT molecular complexity index is 1690. The van der Waals surface area contributed by atoms with Crippen LogP contribution in [0.2, 0.25) is 0 Å². The Morgan fingerprint density at radius 3 is 1.19 bits per heavy atom. The van der Waals surface area contributed by atoms with Crippen molar-refractivity contribution in [2.24, 2.45) is 0 Å². The van der Waals surface area contributed by atoms with Crippen molar-refractivity contribution in [3.8, 4) is 0 Å². The second kappa shape index (κ2) is 14.5. The summed E-state index contributed by atoms with van der Waals surface area (Å²) in [4.78, 5) is 0. The summed E-state index contributed by atoms with van der Waals surface area (Å²) in [5.74, 6) is 0. The molecule has 43 heavy (non-hydrogen) atoms. The minimum atomic E-state index is 0.853. The summed E-state index contributed by atoms with van der Waals surface area (Å²) >= 11 is 0. The summed E-state index contributed by atoms with van der Waals surface area (Å²) in [6, 6.07) is 16.8. The molecular formula is C39H50NO3+. The van der Waals surface area contributed by atoms with Gasteiger partial charge in [0.25, 0.3) is 0 Å². The van der Waals surface area contributed by atoms with E-state index in [0.29, 0.717) is 0 Å². The fraction of sp³-hybridized carbons (Fsp3) is 0.513. The van der Waals surface area contributed by atoms with E-state index in [1.54, 1.807) is 0 Å². The fourth-order valence-electron chi connectivity index (χ4n) is 6.99. The van der Waals surface area contributed by atoms with Crippen molar-refractivity contribution < 1.29 is 13.3 Å². The van der Waals surface area contributed by atoms with Crippen molar-refractivity contribution in [2.45, 2.75) is 117 Å². The average molecular weight is 581 g/mol. The highest BCUT2D eigenvalue weighted by atomic mass is 16.4. The van der Waals surface area contributed by atoms with E-state index in [1.165, 1.54) is 113 Å². The first-order chi connectivity index (χ1) is 21.3. The van der Waals surface area contributed by atoms with Gasteiger partial charge in [0.2, 0.25) is 5.36 Å². The van der Waals surface area contributed by atoms with Crippen LogP contribution in [0.15, 0.2) is 61.8 Å². The molecule has 0 saturated carbocycles. The van der Waals surface area contributed by atoms with Crippen LogP contribution in [0.3, 0.4) is 0 Å². The quantitative estimate of drug-likeness (QED) is 0.0439. The molecule has 6 rings (SSSR count). The first-order valence-corrected chi connectivity index (χ1v) is 17.4. The molecule has 0 aliphatic heterocycles. The molecule has 0 aliphatic rings. The number of rotatable bonds is 18. The van der Waals surface area contributed by atoms with E-state index in [2.05, 4.69) is 42.7 Å². The summed E-state index contributed by atoms with van der Waals surface area (Å²) in [7, 11) is 0. The number of unbranched alkanes of at least 4 members (excludes halogenated alkanes) is 14. The molecule has 3 aromatic heterocycles. The lowest BCUT2D eigenvalue weighted by Crippen LogP contribution is -2.31. The predicted octanol–water partition coefficient (Wildman–Crippen LogP) is 11.7. The minimum absolute atomic E-state index is 0.853. The first kappa shape index (κ1) is 29.8. The average Bonchev–Trinajstić information content (AvgIpc) is 3.02. The van der Waals surface area contributed by atoms with Crippen molar-refractivity contribution in [1.82, 2.24) is 4.58 Å². The van der Waals surface area contributed by atoms with Gasteiger partial charge < -0.3 is 13.3 Å². The Morgan fingerprint density at radius 1 is 0.419 bits per heavy atom. The van der Waals surface area contributed by atoms with E-state index in [9.17, 15) is 0 Å². The summed E-state index contributed by atoms with van der Waals surface area (Å²) < 4.78 is 22.1. The van der Waals surface area contributed by atoms with Crippen LogP contribution in [-0.2, 0) is 0 Å². The van der Waals surface area contributed by atoms with Gasteiger partial charge in [-0.3, -0.25) is 0 Å². The molecule has 0 fully saturated rings. The third-order valence-corrected chi connectivity index (χ3v) is 9.36. The fourth-order valence-corrected chi connectivity index (χ4v) is 6.99. The topological polar surface area (TPSA) is 42.4 Å². The maximum absolute atomic E-state index is 6.61. The number of nitrogens with zero attached hydrogens (tertiary/aromatic N) is 1. The molecule has 0 aliphatic carbocycles. The summed E-state index contributed by atoms with van der Waals surface area (Å²) in [6.07, 6.45) is 21.4. The highest BCUT2D eigenvalue weighted by Crippen LogP contribution is 2.43. The van der Waals surface area contributed by atoms with Gasteiger partial charge in [-0.2, -0.15) is 0 Å². The highest BCUT2D eigenvalue weighted by Gasteiger charge is 2.22. The molecule has 0 atom stereocenters. The maximum Gasteiger partial charge on any atom is 0.207 e. The van der Waals surface area contributed by atoms with Crippen LogP contribution in [0.4, 0.5) is 0 Å². The number of hydrogen-bond donors (Lipinski definition) is 0. The lowest BCUT2D eigenvalue weighted by atomic mass is 9.99. The van der Waals surface area contributed by atoms with Crippen LogP contribution in [0.1, 0.15) is 117 Å². The van der Waals surface area contributed by atoms with Crippen molar-refractivity contribution in [3.63, 3.8) is 0 Å². The molecule has 0 bridgehead atoms. The normalized spacial score (nSPS) is 12.2. The van der Waals surface area contributed by atoms with E-state index in [4.69, 9.17) is 13.3 Å². The lowest BCUT2D eigenvalue weighted by molar-refractivity contribution is 0.485. The van der Waals surface area contributed by atoms with E-state index in [0.717, 1.165) is 62.7 Å². The molecule has 0 N–H and O–H groups in total. The van der Waals surface area contributed by atoms with Gasteiger partial charge in [0.1, 0.15) is 46.6 Å². The molecular weight excluding hydrogens is 530 g/mol. The van der Waals surface area contributed by atoms with Crippen molar-refractivity contribution in [1.29, 1.82) is 0 Å². The molecule has 4 heteroatoms. The van der Waals surface area contributed by atoms with Gasteiger partial charge in [-0.15, -0.1) is 0 Å². The molecule has 0 saturated heterocycles. The van der Waals surface area contributed by atoms with Gasteiger partial charge in [0.05, 0.1) is 28.3 Å². The van der Waals surface area contributed by atoms with Crippen LogP contribution in [0.25, 0.3) is 55.0 Å². The van der Waals surface area contributed by atoms with Crippen molar-refractivity contribution >= 4 is 55.0 Å². The monoisotopic (exact) mass is 580 g/mol. The standard InChI is InChI=1S/C39H50NO3/c1-3-5-7-9-11-13-15-17-25-40(26-18-16-14-12-10-8-6-4-2)29-27-34-38-35(28-29)43-33-24-20-22-31-37(33)39(38)36-30(41-31)21-19-23-32(36)42-34/h19-24,27-28H,3-18,25-26H2,1-2H3/q+1. The number of benzene rings is 3. The molecule has 228 valence electrons. The van der Waals surface area contributed by atoms with Gasteiger partial charge >= 0.3 is 0 Å². The molecule has 0 unspecified atom stereocenters. The minimum Gasteiger partial charge on any atom is -0.456 e. The van der Waals surface area contributed by atoms with Crippen LogP contribution >= 0.6 is 0 Å². The van der Waals surface area contributed by atoms with Gasteiger partial charge in [-0.25, -0.2) is 4.58 Å². The zero-order valence-corrected chi connectivity index (χ0v) is 26.5. The van der Waals surface area contributed by atoms with Crippen LogP contribution in [0, 0.1) is 0 Å². The molecule has 3 heterocycles. The Morgan fingerprint density at radius 2 is 0.767 bits per heavy atom. The Balaban J connectivity index is 1.32. The van der Waals surface area contributed by atoms with Gasteiger partial charge in [0.15, 0.2) is 0 Å². The van der Waals surface area contributed by atoms with Gasteiger partial charge in [-0.1, -0.05) is 103 Å². The molecule has 0 amide bonds. The summed E-state index contributed by atoms with van der Waals surface area (Å²) in [5, 5.41) is 5.55. The first-order valence-electron chi connectivity index (χ1n) is 17.4. The van der Waals surface area contributed by atoms with Crippen LogP contribution in [-0.4, -0.2) is 13.1 Å². The summed E-state index contributed by atoms with van der Waals surface area (Å²) in [6.45, 7) is 6.74. The van der Waals surface area contributed by atoms with Crippen LogP contribution in [0.5, 0.6) is 0 Å². The molecule has 6 aromatic rings. The summed E-state index contributed by atoms with van der Waals surface area (Å²) in [5.41, 5.74) is 5.22. The number of hydrogen-bond acceptors (Lipinski definition) is 3. The highest BCUT2D eigenvalue weighted by molar-refractivity contribution is 6.31.